The van der Waals surface area contributed by atoms with E-state index in [2.05, 4.69) is 15.8 Å². The minimum absolute atomic E-state index is 0.0160. The van der Waals surface area contributed by atoms with E-state index in [9.17, 15) is 24.8 Å². The summed E-state index contributed by atoms with van der Waals surface area (Å²) in [5.74, 6) is -1.04. The third kappa shape index (κ3) is 5.51. The Labute approximate surface area is 166 Å². The number of amides is 2. The predicted octanol–water partition coefficient (Wildman–Crippen LogP) is 2.75. The molecule has 0 heterocycles. The highest BCUT2D eigenvalue weighted by Gasteiger charge is 2.18. The summed E-state index contributed by atoms with van der Waals surface area (Å²) in [6, 6.07) is 8.77. The van der Waals surface area contributed by atoms with Gasteiger partial charge < -0.3 is 15.2 Å². The molecule has 0 aliphatic rings. The van der Waals surface area contributed by atoms with Crippen LogP contribution in [-0.4, -0.2) is 34.7 Å². The van der Waals surface area contributed by atoms with Crippen LogP contribution in [0.15, 0.2) is 41.5 Å². The number of hydrazone groups is 1. The number of anilines is 1. The fraction of sp³-hybridized carbons (Fsp3) is 0.211. The van der Waals surface area contributed by atoms with Gasteiger partial charge in [0.1, 0.15) is 17.2 Å². The number of hydrogen-bond donors (Lipinski definition) is 3. The van der Waals surface area contributed by atoms with Crippen LogP contribution >= 0.6 is 0 Å². The first-order valence-electron chi connectivity index (χ1n) is 8.47. The van der Waals surface area contributed by atoms with E-state index in [1.165, 1.54) is 38.3 Å². The van der Waals surface area contributed by atoms with Crippen LogP contribution in [0, 0.1) is 17.0 Å². The minimum Gasteiger partial charge on any atom is -0.507 e. The molecule has 0 bridgehead atoms. The summed E-state index contributed by atoms with van der Waals surface area (Å²) in [4.78, 5) is 34.8. The molecule has 10 nitrogen and oxygen atoms in total. The average molecular weight is 400 g/mol. The third-order valence-electron chi connectivity index (χ3n) is 3.92. The molecule has 29 heavy (non-hydrogen) atoms. The van der Waals surface area contributed by atoms with Crippen molar-refractivity contribution in [3.63, 3.8) is 0 Å². The molecule has 0 unspecified atom stereocenters. The number of nitro benzene ring substituents is 1. The fourth-order valence-corrected chi connectivity index (χ4v) is 2.41. The molecular weight excluding hydrogens is 380 g/mol. The second-order valence-electron chi connectivity index (χ2n) is 6.12. The highest BCUT2D eigenvalue weighted by molar-refractivity contribution is 6.07. The molecule has 2 aromatic carbocycles. The number of nitro groups is 1. The van der Waals surface area contributed by atoms with Gasteiger partial charge in [0, 0.05) is 5.71 Å². The van der Waals surface area contributed by atoms with E-state index in [1.54, 1.807) is 19.1 Å². The Bertz CT molecular complexity index is 987. The van der Waals surface area contributed by atoms with Crippen molar-refractivity contribution in [1.82, 2.24) is 5.43 Å². The quantitative estimate of drug-likeness (QED) is 0.370. The van der Waals surface area contributed by atoms with Crippen molar-refractivity contribution < 1.29 is 24.4 Å². The van der Waals surface area contributed by atoms with E-state index >= 15 is 0 Å². The molecule has 10 heteroatoms. The number of phenolic OH excluding ortho intramolecular Hbond substituents is 1. The van der Waals surface area contributed by atoms with Crippen molar-refractivity contribution in [3.05, 3.63) is 57.6 Å². The van der Waals surface area contributed by atoms with Crippen LogP contribution in [0.25, 0.3) is 0 Å². The van der Waals surface area contributed by atoms with Gasteiger partial charge in [-0.15, -0.1) is 0 Å². The van der Waals surface area contributed by atoms with E-state index in [1.807, 2.05) is 0 Å². The van der Waals surface area contributed by atoms with Gasteiger partial charge in [0.05, 0.1) is 30.1 Å². The maximum atomic E-state index is 12.2. The van der Waals surface area contributed by atoms with Crippen LogP contribution in [0.3, 0.4) is 0 Å². The number of methoxy groups -OCH3 is 1. The van der Waals surface area contributed by atoms with Crippen molar-refractivity contribution in [2.24, 2.45) is 5.10 Å². The first-order chi connectivity index (χ1) is 13.7. The molecule has 0 aromatic heterocycles. The predicted molar refractivity (Wildman–Crippen MR) is 106 cm³/mol. The van der Waals surface area contributed by atoms with Crippen molar-refractivity contribution in [2.45, 2.75) is 20.3 Å². The number of rotatable bonds is 7. The number of carbonyl (C=O) groups is 2. The van der Waals surface area contributed by atoms with Gasteiger partial charge in [-0.1, -0.05) is 12.1 Å². The van der Waals surface area contributed by atoms with Crippen LogP contribution in [0.1, 0.15) is 29.3 Å². The average Bonchev–Trinajstić information content (AvgIpc) is 2.68. The third-order valence-corrected chi connectivity index (χ3v) is 3.92. The summed E-state index contributed by atoms with van der Waals surface area (Å²) in [6.45, 7) is 3.17. The summed E-state index contributed by atoms with van der Waals surface area (Å²) in [6.07, 6.45) is -0.205. The van der Waals surface area contributed by atoms with E-state index in [0.29, 0.717) is 5.56 Å². The zero-order chi connectivity index (χ0) is 21.6. The standard InChI is InChI=1S/C19H20N4O6/c1-11-5-4-6-14(18(11)25)19(26)22-21-12(2)9-17(24)20-15-8-7-13(29-3)10-16(15)23(27)28/h4-8,10,25H,9H2,1-3H3,(H,20,24)(H,22,26)/b21-12-. The second kappa shape index (κ2) is 9.31. The molecule has 152 valence electrons. The van der Waals surface area contributed by atoms with Gasteiger partial charge in [0.2, 0.25) is 5.91 Å². The topological polar surface area (TPSA) is 143 Å². The van der Waals surface area contributed by atoms with Crippen LogP contribution < -0.4 is 15.5 Å². The first-order valence-corrected chi connectivity index (χ1v) is 8.47. The molecule has 2 aromatic rings. The largest absolute Gasteiger partial charge is 0.507 e. The molecule has 0 radical (unpaired) electrons. The molecule has 0 atom stereocenters. The number of aryl methyl sites for hydroxylation is 1. The number of nitrogens with one attached hydrogen (secondary N) is 2. The maximum Gasteiger partial charge on any atom is 0.296 e. The number of para-hydroxylation sites is 1. The molecular formula is C19H20N4O6. The van der Waals surface area contributed by atoms with Gasteiger partial charge in [-0.3, -0.25) is 19.7 Å². The molecule has 0 spiro atoms. The number of benzene rings is 2. The Kier molecular flexibility index (Phi) is 6.85. The zero-order valence-corrected chi connectivity index (χ0v) is 16.1. The maximum absolute atomic E-state index is 12.2. The number of aromatic hydroxyl groups is 1. The lowest BCUT2D eigenvalue weighted by Crippen LogP contribution is -2.22. The van der Waals surface area contributed by atoms with E-state index in [-0.39, 0.29) is 40.6 Å². The summed E-state index contributed by atoms with van der Waals surface area (Å²) >= 11 is 0. The monoisotopic (exact) mass is 400 g/mol. The van der Waals surface area contributed by atoms with Gasteiger partial charge in [0.25, 0.3) is 11.6 Å². The number of nitrogens with zero attached hydrogens (tertiary/aromatic N) is 2. The number of carbonyl (C=O) groups excluding carboxylic acids is 2. The van der Waals surface area contributed by atoms with E-state index in [0.717, 1.165) is 0 Å². The molecule has 0 saturated carbocycles. The van der Waals surface area contributed by atoms with Crippen LogP contribution in [0.2, 0.25) is 0 Å². The van der Waals surface area contributed by atoms with Crippen LogP contribution in [-0.2, 0) is 4.79 Å². The lowest BCUT2D eigenvalue weighted by molar-refractivity contribution is -0.384. The van der Waals surface area contributed by atoms with Crippen LogP contribution in [0.5, 0.6) is 11.5 Å². The van der Waals surface area contributed by atoms with Crippen molar-refractivity contribution in [1.29, 1.82) is 0 Å². The molecule has 2 amide bonds. The summed E-state index contributed by atoms with van der Waals surface area (Å²) in [5.41, 5.74) is 2.83. The summed E-state index contributed by atoms with van der Waals surface area (Å²) in [5, 5.41) is 27.3. The molecule has 0 fully saturated rings. The second-order valence-corrected chi connectivity index (χ2v) is 6.12. The van der Waals surface area contributed by atoms with Gasteiger partial charge in [-0.05, 0) is 37.6 Å². The van der Waals surface area contributed by atoms with Crippen LogP contribution in [0.4, 0.5) is 11.4 Å². The van der Waals surface area contributed by atoms with Gasteiger partial charge in [-0.25, -0.2) is 5.43 Å². The SMILES string of the molecule is COc1ccc(NC(=O)C/C(C)=N\NC(=O)c2cccc(C)c2O)c([N+](=O)[O-])c1. The zero-order valence-electron chi connectivity index (χ0n) is 16.1. The molecule has 2 rings (SSSR count). The summed E-state index contributed by atoms with van der Waals surface area (Å²) in [7, 11) is 1.38. The summed E-state index contributed by atoms with van der Waals surface area (Å²) < 4.78 is 4.94. The number of hydrogen-bond acceptors (Lipinski definition) is 7. The lowest BCUT2D eigenvalue weighted by Gasteiger charge is -2.08. The Morgan fingerprint density at radius 1 is 1.28 bits per heavy atom. The molecule has 3 N–H and O–H groups in total. The fourth-order valence-electron chi connectivity index (χ4n) is 2.41. The smallest absolute Gasteiger partial charge is 0.296 e. The Hall–Kier alpha value is -3.95. The minimum atomic E-state index is -0.631. The molecule has 0 aliphatic heterocycles. The van der Waals surface area contributed by atoms with Gasteiger partial charge in [-0.2, -0.15) is 5.10 Å². The highest BCUT2D eigenvalue weighted by Crippen LogP contribution is 2.29. The van der Waals surface area contributed by atoms with Crippen molar-refractivity contribution in [2.75, 3.05) is 12.4 Å². The van der Waals surface area contributed by atoms with E-state index in [4.69, 9.17) is 4.74 Å². The Morgan fingerprint density at radius 2 is 2.00 bits per heavy atom. The Morgan fingerprint density at radius 3 is 2.66 bits per heavy atom. The highest BCUT2D eigenvalue weighted by atomic mass is 16.6. The number of phenols is 1. The first kappa shape index (κ1) is 21.4. The lowest BCUT2D eigenvalue weighted by atomic mass is 10.1. The Balaban J connectivity index is 2.03. The van der Waals surface area contributed by atoms with E-state index < -0.39 is 16.7 Å². The van der Waals surface area contributed by atoms with Crippen molar-refractivity contribution >= 4 is 28.9 Å². The van der Waals surface area contributed by atoms with Gasteiger partial charge >= 0.3 is 0 Å². The number of ether oxygens (including phenoxy) is 1. The van der Waals surface area contributed by atoms with Crippen molar-refractivity contribution in [3.8, 4) is 11.5 Å². The molecule has 0 saturated heterocycles. The normalized spacial score (nSPS) is 10.9. The molecule has 0 aliphatic carbocycles. The van der Waals surface area contributed by atoms with Gasteiger partial charge in [0.15, 0.2) is 0 Å².